The van der Waals surface area contributed by atoms with Gasteiger partial charge in [-0.25, -0.2) is 12.7 Å². The van der Waals surface area contributed by atoms with E-state index in [9.17, 15) is 18.0 Å². The van der Waals surface area contributed by atoms with Gasteiger partial charge in [0.25, 0.3) is 5.91 Å². The maximum Gasteiger partial charge on any atom is 0.326 e. The standard InChI is InChI=1S/C16H24N2O5S/c1-16(2,3)23-14(19)11-18(6)15(20)12-7-9-13(10-8-12)24(21,22)17(4)5/h7-10H,11H2,1-6H3. The molecule has 0 saturated heterocycles. The van der Waals surface area contributed by atoms with Crippen molar-refractivity contribution in [2.45, 2.75) is 31.3 Å². The van der Waals surface area contributed by atoms with Gasteiger partial charge < -0.3 is 9.64 Å². The van der Waals surface area contributed by atoms with Gasteiger partial charge in [0.15, 0.2) is 0 Å². The molecule has 24 heavy (non-hydrogen) atoms. The molecule has 0 radical (unpaired) electrons. The Labute approximate surface area is 143 Å². The average Bonchev–Trinajstić information content (AvgIpc) is 2.44. The number of amides is 1. The first-order valence-electron chi connectivity index (χ1n) is 7.34. The number of ether oxygens (including phenoxy) is 1. The summed E-state index contributed by atoms with van der Waals surface area (Å²) < 4.78 is 30.3. The molecule has 134 valence electrons. The monoisotopic (exact) mass is 356 g/mol. The van der Waals surface area contributed by atoms with E-state index in [1.807, 2.05) is 0 Å². The molecule has 8 heteroatoms. The molecule has 1 aromatic carbocycles. The van der Waals surface area contributed by atoms with Crippen LogP contribution in [0, 0.1) is 0 Å². The summed E-state index contributed by atoms with van der Waals surface area (Å²) in [5, 5.41) is 0. The fraction of sp³-hybridized carbons (Fsp3) is 0.500. The number of carbonyl (C=O) groups is 2. The lowest BCUT2D eigenvalue weighted by Gasteiger charge is -2.22. The van der Waals surface area contributed by atoms with Crippen molar-refractivity contribution in [3.8, 4) is 0 Å². The molecule has 1 rings (SSSR count). The van der Waals surface area contributed by atoms with E-state index in [-0.39, 0.29) is 11.4 Å². The number of esters is 1. The van der Waals surface area contributed by atoms with Crippen LogP contribution >= 0.6 is 0 Å². The summed E-state index contributed by atoms with van der Waals surface area (Å²) in [4.78, 5) is 25.4. The highest BCUT2D eigenvalue weighted by atomic mass is 32.2. The SMILES string of the molecule is CN(CC(=O)OC(C)(C)C)C(=O)c1ccc(S(=O)(=O)N(C)C)cc1. The minimum Gasteiger partial charge on any atom is -0.459 e. The third kappa shape index (κ3) is 5.31. The second-order valence-corrected chi connectivity index (χ2v) is 8.71. The maximum absolute atomic E-state index is 12.3. The van der Waals surface area contributed by atoms with E-state index in [1.54, 1.807) is 20.8 Å². The van der Waals surface area contributed by atoms with Crippen LogP contribution in [0.25, 0.3) is 0 Å². The van der Waals surface area contributed by atoms with Crippen molar-refractivity contribution < 1.29 is 22.7 Å². The number of likely N-dealkylation sites (N-methyl/N-ethyl adjacent to an activating group) is 1. The molecule has 0 N–H and O–H groups in total. The molecule has 0 atom stereocenters. The van der Waals surface area contributed by atoms with Crippen LogP contribution in [0.15, 0.2) is 29.2 Å². The second kappa shape index (κ2) is 7.31. The van der Waals surface area contributed by atoms with Crippen LogP contribution in [0.1, 0.15) is 31.1 Å². The average molecular weight is 356 g/mol. The third-order valence-corrected chi connectivity index (χ3v) is 4.84. The van der Waals surface area contributed by atoms with Gasteiger partial charge in [-0.3, -0.25) is 9.59 Å². The highest BCUT2D eigenvalue weighted by Gasteiger charge is 2.22. The zero-order valence-corrected chi connectivity index (χ0v) is 15.7. The highest BCUT2D eigenvalue weighted by molar-refractivity contribution is 7.89. The molecule has 0 heterocycles. The maximum atomic E-state index is 12.3. The first kappa shape index (κ1) is 20.1. The minimum atomic E-state index is -3.54. The predicted octanol–water partition coefficient (Wildman–Crippen LogP) is 1.35. The Morgan fingerprint density at radius 3 is 1.96 bits per heavy atom. The Hall–Kier alpha value is -1.93. The zero-order valence-electron chi connectivity index (χ0n) is 14.9. The molecule has 0 saturated carbocycles. The van der Waals surface area contributed by atoms with Crippen molar-refractivity contribution >= 4 is 21.9 Å². The van der Waals surface area contributed by atoms with E-state index >= 15 is 0 Å². The third-order valence-electron chi connectivity index (χ3n) is 3.01. The zero-order chi connectivity index (χ0) is 18.7. The van der Waals surface area contributed by atoms with Crippen molar-refractivity contribution in [2.75, 3.05) is 27.7 Å². The number of nitrogens with zero attached hydrogens (tertiary/aromatic N) is 2. The summed E-state index contributed by atoms with van der Waals surface area (Å²) >= 11 is 0. The summed E-state index contributed by atoms with van der Waals surface area (Å²) in [6, 6.07) is 5.57. The molecule has 7 nitrogen and oxygen atoms in total. The summed E-state index contributed by atoms with van der Waals surface area (Å²) in [5.41, 5.74) is -0.331. The van der Waals surface area contributed by atoms with E-state index in [0.717, 1.165) is 4.31 Å². The number of rotatable bonds is 5. The highest BCUT2D eigenvalue weighted by Crippen LogP contribution is 2.15. The largest absolute Gasteiger partial charge is 0.459 e. The summed E-state index contributed by atoms with van der Waals surface area (Å²) in [6.45, 7) is 5.05. The normalized spacial score (nSPS) is 12.1. The van der Waals surface area contributed by atoms with Crippen LogP contribution in [-0.4, -0.2) is 62.8 Å². The molecule has 0 fully saturated rings. The molecule has 1 aromatic rings. The van der Waals surface area contributed by atoms with Gasteiger partial charge in [0.1, 0.15) is 12.1 Å². The molecule has 0 aromatic heterocycles. The Bertz CT molecular complexity index is 703. The molecule has 0 bridgehead atoms. The van der Waals surface area contributed by atoms with E-state index in [4.69, 9.17) is 4.74 Å². The van der Waals surface area contributed by atoms with Crippen LogP contribution in [0.5, 0.6) is 0 Å². The number of hydrogen-bond acceptors (Lipinski definition) is 5. The van der Waals surface area contributed by atoms with Gasteiger partial charge >= 0.3 is 5.97 Å². The predicted molar refractivity (Wildman–Crippen MR) is 90.1 cm³/mol. The number of sulfonamides is 1. The molecule has 0 unspecified atom stereocenters. The van der Waals surface area contributed by atoms with Crippen LogP contribution in [0.2, 0.25) is 0 Å². The first-order chi connectivity index (χ1) is 10.8. The van der Waals surface area contributed by atoms with Crippen LogP contribution in [0.4, 0.5) is 0 Å². The Morgan fingerprint density at radius 1 is 1.04 bits per heavy atom. The van der Waals surface area contributed by atoms with Crippen molar-refractivity contribution in [2.24, 2.45) is 0 Å². The lowest BCUT2D eigenvalue weighted by Crippen LogP contribution is -2.36. The van der Waals surface area contributed by atoms with Crippen molar-refractivity contribution in [3.05, 3.63) is 29.8 Å². The van der Waals surface area contributed by atoms with E-state index in [1.165, 1.54) is 50.3 Å². The van der Waals surface area contributed by atoms with Crippen molar-refractivity contribution in [1.82, 2.24) is 9.21 Å². The molecule has 1 amide bonds. The molecule has 0 aliphatic carbocycles. The molecule has 0 aliphatic rings. The molecular weight excluding hydrogens is 332 g/mol. The number of carbonyl (C=O) groups excluding carboxylic acids is 2. The van der Waals surface area contributed by atoms with E-state index in [2.05, 4.69) is 0 Å². The lowest BCUT2D eigenvalue weighted by molar-refractivity contribution is -0.155. The smallest absolute Gasteiger partial charge is 0.326 e. The fourth-order valence-electron chi connectivity index (χ4n) is 1.84. The van der Waals surface area contributed by atoms with E-state index < -0.39 is 27.5 Å². The minimum absolute atomic E-state index is 0.0962. The van der Waals surface area contributed by atoms with Gasteiger partial charge in [0.2, 0.25) is 10.0 Å². The Kier molecular flexibility index (Phi) is 6.13. The van der Waals surface area contributed by atoms with Gasteiger partial charge in [-0.2, -0.15) is 0 Å². The topological polar surface area (TPSA) is 84.0 Å². The van der Waals surface area contributed by atoms with Crippen LogP contribution in [0.3, 0.4) is 0 Å². The van der Waals surface area contributed by atoms with Gasteiger partial charge in [0, 0.05) is 26.7 Å². The van der Waals surface area contributed by atoms with Gasteiger partial charge in [-0.15, -0.1) is 0 Å². The molecule has 0 spiro atoms. The summed E-state index contributed by atoms with van der Waals surface area (Å²) in [5.74, 6) is -0.903. The number of benzene rings is 1. The van der Waals surface area contributed by atoms with E-state index in [0.29, 0.717) is 5.56 Å². The first-order valence-corrected chi connectivity index (χ1v) is 8.78. The van der Waals surface area contributed by atoms with Crippen molar-refractivity contribution in [3.63, 3.8) is 0 Å². The summed E-state index contributed by atoms with van der Waals surface area (Å²) in [7, 11) is 0.805. The second-order valence-electron chi connectivity index (χ2n) is 6.56. The summed E-state index contributed by atoms with van der Waals surface area (Å²) in [6.07, 6.45) is 0. The number of hydrogen-bond donors (Lipinski definition) is 0. The van der Waals surface area contributed by atoms with Gasteiger partial charge in [-0.1, -0.05) is 0 Å². The molecule has 0 aliphatic heterocycles. The lowest BCUT2D eigenvalue weighted by atomic mass is 10.2. The Morgan fingerprint density at radius 2 is 1.54 bits per heavy atom. The van der Waals surface area contributed by atoms with Crippen molar-refractivity contribution in [1.29, 1.82) is 0 Å². The van der Waals surface area contributed by atoms with Crippen LogP contribution in [-0.2, 0) is 19.6 Å². The fourth-order valence-corrected chi connectivity index (χ4v) is 2.74. The Balaban J connectivity index is 2.84. The molecular formula is C16H24N2O5S. The van der Waals surface area contributed by atoms with Crippen LogP contribution < -0.4 is 0 Å². The van der Waals surface area contributed by atoms with Gasteiger partial charge in [0.05, 0.1) is 4.90 Å². The van der Waals surface area contributed by atoms with Gasteiger partial charge in [-0.05, 0) is 45.0 Å². The quantitative estimate of drug-likeness (QED) is 0.744.